The lowest BCUT2D eigenvalue weighted by Gasteiger charge is -2.11. The maximum atomic E-state index is 14.8. The molecule has 3 aromatic rings. The quantitative estimate of drug-likeness (QED) is 0.707. The topological polar surface area (TPSA) is 106 Å². The van der Waals surface area contributed by atoms with Crippen molar-refractivity contribution in [1.29, 1.82) is 0 Å². The molecule has 0 spiro atoms. The van der Waals surface area contributed by atoms with Gasteiger partial charge in [-0.1, -0.05) is 36.4 Å². The van der Waals surface area contributed by atoms with Crippen LogP contribution in [0.1, 0.15) is 27.4 Å². The molecule has 3 N–H and O–H groups in total. The third kappa shape index (κ3) is 3.88. The fourth-order valence-corrected chi connectivity index (χ4v) is 3.01. The van der Waals surface area contributed by atoms with Crippen LogP contribution >= 0.6 is 0 Å². The van der Waals surface area contributed by atoms with Crippen molar-refractivity contribution in [2.75, 3.05) is 0 Å². The van der Waals surface area contributed by atoms with Crippen LogP contribution in [-0.4, -0.2) is 27.0 Å². The number of aromatic nitrogens is 2. The van der Waals surface area contributed by atoms with E-state index in [9.17, 15) is 14.0 Å². The number of amides is 1. The normalized spacial score (nSPS) is 10.7. The van der Waals surface area contributed by atoms with E-state index >= 15 is 0 Å². The van der Waals surface area contributed by atoms with E-state index in [-0.39, 0.29) is 12.1 Å². The molecule has 0 aliphatic carbocycles. The Kier molecular flexibility index (Phi) is 5.17. The monoisotopic (exact) mass is 379 g/mol. The average Bonchev–Trinajstić information content (AvgIpc) is 2.62. The highest BCUT2D eigenvalue weighted by atomic mass is 19.1. The number of nitrogens with two attached hydrogens (primary N) is 1. The third-order valence-electron chi connectivity index (χ3n) is 4.34. The molecule has 0 fully saturated rings. The fraction of sp³-hybridized carbons (Fsp3) is 0.143. The minimum absolute atomic E-state index is 0.0547. The Balaban J connectivity index is 1.98. The zero-order chi connectivity index (χ0) is 20.4. The summed E-state index contributed by atoms with van der Waals surface area (Å²) < 4.78 is 14.8. The van der Waals surface area contributed by atoms with Crippen LogP contribution in [0.25, 0.3) is 22.4 Å². The van der Waals surface area contributed by atoms with Crippen molar-refractivity contribution in [3.05, 3.63) is 70.9 Å². The van der Waals surface area contributed by atoms with Gasteiger partial charge in [-0.05, 0) is 31.0 Å². The molecule has 0 saturated carbocycles. The van der Waals surface area contributed by atoms with E-state index in [0.29, 0.717) is 39.3 Å². The molecule has 1 aromatic heterocycles. The largest absolute Gasteiger partial charge is 0.481 e. The van der Waals surface area contributed by atoms with Crippen molar-refractivity contribution in [2.45, 2.75) is 20.3 Å². The van der Waals surface area contributed by atoms with Crippen LogP contribution in [0.5, 0.6) is 0 Å². The van der Waals surface area contributed by atoms with Crippen LogP contribution in [-0.2, 0) is 11.2 Å². The number of benzene rings is 2. The van der Waals surface area contributed by atoms with E-state index in [1.807, 2.05) is 0 Å². The molecule has 0 aliphatic rings. The van der Waals surface area contributed by atoms with E-state index < -0.39 is 17.7 Å². The Bertz CT molecular complexity index is 1080. The molecule has 7 heteroatoms. The lowest BCUT2D eigenvalue weighted by atomic mass is 9.99. The van der Waals surface area contributed by atoms with Gasteiger partial charge in [0.15, 0.2) is 0 Å². The van der Waals surface area contributed by atoms with Gasteiger partial charge in [0.05, 0.1) is 23.5 Å². The number of primary amides is 1. The summed E-state index contributed by atoms with van der Waals surface area (Å²) in [7, 11) is 0. The first-order valence-corrected chi connectivity index (χ1v) is 8.52. The Labute approximate surface area is 160 Å². The number of halogens is 1. The Morgan fingerprint density at radius 2 is 1.64 bits per heavy atom. The molecular formula is C21H18FN3O3. The van der Waals surface area contributed by atoms with E-state index in [1.54, 1.807) is 50.2 Å². The van der Waals surface area contributed by atoms with Crippen LogP contribution in [0.2, 0.25) is 0 Å². The Morgan fingerprint density at radius 1 is 1.00 bits per heavy atom. The van der Waals surface area contributed by atoms with Crippen molar-refractivity contribution in [3.8, 4) is 22.4 Å². The molecule has 0 aliphatic heterocycles. The minimum Gasteiger partial charge on any atom is -0.481 e. The molecule has 0 bridgehead atoms. The van der Waals surface area contributed by atoms with Gasteiger partial charge in [0.2, 0.25) is 0 Å². The van der Waals surface area contributed by atoms with Gasteiger partial charge in [-0.2, -0.15) is 0 Å². The van der Waals surface area contributed by atoms with Gasteiger partial charge >= 0.3 is 5.97 Å². The number of aliphatic carboxylic acids is 1. The van der Waals surface area contributed by atoms with Gasteiger partial charge in [0, 0.05) is 11.1 Å². The fourth-order valence-electron chi connectivity index (χ4n) is 3.01. The molecule has 1 heterocycles. The van der Waals surface area contributed by atoms with Gasteiger partial charge in [0.25, 0.3) is 5.91 Å². The summed E-state index contributed by atoms with van der Waals surface area (Å²) in [5.74, 6) is -2.08. The molecule has 28 heavy (non-hydrogen) atoms. The predicted molar refractivity (Wildman–Crippen MR) is 102 cm³/mol. The molecule has 0 radical (unpaired) electrons. The van der Waals surface area contributed by atoms with Crippen molar-refractivity contribution < 1.29 is 19.1 Å². The number of carbonyl (C=O) groups is 2. The van der Waals surface area contributed by atoms with Crippen LogP contribution < -0.4 is 5.73 Å². The molecule has 6 nitrogen and oxygen atoms in total. The molecule has 142 valence electrons. The van der Waals surface area contributed by atoms with Gasteiger partial charge in [-0.15, -0.1) is 0 Å². The number of nitrogens with zero attached hydrogens (tertiary/aromatic N) is 2. The zero-order valence-corrected chi connectivity index (χ0v) is 15.4. The van der Waals surface area contributed by atoms with E-state index in [0.717, 1.165) is 0 Å². The summed E-state index contributed by atoms with van der Waals surface area (Å²) in [5.41, 5.74) is 8.88. The maximum absolute atomic E-state index is 14.8. The molecular weight excluding hydrogens is 361 g/mol. The number of hydrogen-bond acceptors (Lipinski definition) is 4. The van der Waals surface area contributed by atoms with Crippen LogP contribution in [0.4, 0.5) is 4.39 Å². The lowest BCUT2D eigenvalue weighted by Crippen LogP contribution is -2.17. The second-order valence-corrected chi connectivity index (χ2v) is 6.42. The van der Waals surface area contributed by atoms with E-state index in [1.165, 1.54) is 6.07 Å². The van der Waals surface area contributed by atoms with E-state index in [2.05, 4.69) is 9.97 Å². The lowest BCUT2D eigenvalue weighted by molar-refractivity contribution is -0.136. The highest BCUT2D eigenvalue weighted by Gasteiger charge is 2.15. The molecule has 0 atom stereocenters. The van der Waals surface area contributed by atoms with Crippen LogP contribution in [0, 0.1) is 19.7 Å². The molecule has 3 rings (SSSR count). The second kappa shape index (κ2) is 7.56. The predicted octanol–water partition coefficient (Wildman–Crippen LogP) is 3.29. The van der Waals surface area contributed by atoms with Crippen molar-refractivity contribution in [2.24, 2.45) is 5.73 Å². The number of rotatable bonds is 5. The number of carboxylic acid groups (broad SMARTS) is 1. The summed E-state index contributed by atoms with van der Waals surface area (Å²) in [6, 6.07) is 11.3. The number of aryl methyl sites for hydroxylation is 2. The first-order valence-electron chi connectivity index (χ1n) is 8.52. The zero-order valence-electron chi connectivity index (χ0n) is 15.4. The van der Waals surface area contributed by atoms with Gasteiger partial charge in [-0.3, -0.25) is 14.6 Å². The SMILES string of the molecule is Cc1nc(C)c(-c2ccc(-c3ccc(CC(=O)O)cc3)c(F)c2)nc1C(N)=O. The molecule has 2 aromatic carbocycles. The summed E-state index contributed by atoms with van der Waals surface area (Å²) in [5, 5.41) is 8.83. The highest BCUT2D eigenvalue weighted by molar-refractivity contribution is 5.92. The average molecular weight is 379 g/mol. The third-order valence-corrected chi connectivity index (χ3v) is 4.34. The number of hydrogen-bond donors (Lipinski definition) is 2. The summed E-state index contributed by atoms with van der Waals surface area (Å²) in [6.07, 6.45) is -0.0880. The van der Waals surface area contributed by atoms with Crippen molar-refractivity contribution >= 4 is 11.9 Å². The van der Waals surface area contributed by atoms with E-state index in [4.69, 9.17) is 10.8 Å². The van der Waals surface area contributed by atoms with Crippen molar-refractivity contribution in [1.82, 2.24) is 9.97 Å². The summed E-state index contributed by atoms with van der Waals surface area (Å²) in [4.78, 5) is 30.8. The molecule has 1 amide bonds. The smallest absolute Gasteiger partial charge is 0.307 e. The number of carbonyl (C=O) groups excluding carboxylic acids is 1. The van der Waals surface area contributed by atoms with Crippen LogP contribution in [0.3, 0.4) is 0 Å². The maximum Gasteiger partial charge on any atom is 0.307 e. The van der Waals surface area contributed by atoms with Gasteiger partial charge in [-0.25, -0.2) is 9.37 Å². The first kappa shape index (κ1) is 19.2. The van der Waals surface area contributed by atoms with Crippen LogP contribution in [0.15, 0.2) is 42.5 Å². The Hall–Kier alpha value is -3.61. The standard InChI is InChI=1S/C21H18FN3O3/c1-11-19(25-20(21(23)28)12(2)24-11)15-7-8-16(17(22)10-15)14-5-3-13(4-6-14)9-18(26)27/h3-8,10H,9H2,1-2H3,(H2,23,28)(H,26,27). The van der Waals surface area contributed by atoms with Gasteiger partial charge in [0.1, 0.15) is 11.5 Å². The van der Waals surface area contributed by atoms with Gasteiger partial charge < -0.3 is 10.8 Å². The Morgan fingerprint density at radius 3 is 2.21 bits per heavy atom. The minimum atomic E-state index is -0.923. The summed E-state index contributed by atoms with van der Waals surface area (Å²) >= 11 is 0. The summed E-state index contributed by atoms with van der Waals surface area (Å²) in [6.45, 7) is 3.37. The number of carboxylic acids is 1. The highest BCUT2D eigenvalue weighted by Crippen LogP contribution is 2.29. The molecule has 0 saturated heterocycles. The second-order valence-electron chi connectivity index (χ2n) is 6.42. The first-order chi connectivity index (χ1) is 13.3. The van der Waals surface area contributed by atoms with Crippen molar-refractivity contribution in [3.63, 3.8) is 0 Å². The molecule has 0 unspecified atom stereocenters.